The molecule has 2 unspecified atom stereocenters. The SMILES string of the molecule is CCNC(=O)C1COCCN1C(CN)c1ccc(Br)s1. The van der Waals surface area contributed by atoms with E-state index in [2.05, 4.69) is 32.2 Å². The molecule has 2 heterocycles. The van der Waals surface area contributed by atoms with E-state index in [0.29, 0.717) is 26.3 Å². The molecular formula is C13H20BrN3O2S. The molecule has 7 heteroatoms. The third kappa shape index (κ3) is 3.59. The van der Waals surface area contributed by atoms with Gasteiger partial charge in [0.1, 0.15) is 6.04 Å². The normalized spacial score (nSPS) is 21.6. The number of nitrogens with one attached hydrogen (secondary N) is 1. The number of nitrogens with two attached hydrogens (primary N) is 1. The number of hydrogen-bond donors (Lipinski definition) is 2. The quantitative estimate of drug-likeness (QED) is 0.830. The van der Waals surface area contributed by atoms with E-state index in [1.165, 1.54) is 4.88 Å². The Morgan fingerprint density at radius 3 is 3.10 bits per heavy atom. The van der Waals surface area contributed by atoms with Gasteiger partial charge < -0.3 is 15.8 Å². The van der Waals surface area contributed by atoms with Crippen molar-refractivity contribution in [3.8, 4) is 0 Å². The number of hydrogen-bond acceptors (Lipinski definition) is 5. The number of thiophene rings is 1. The first kappa shape index (κ1) is 15.9. The summed E-state index contributed by atoms with van der Waals surface area (Å²) in [6, 6.07) is 3.88. The molecule has 3 N–H and O–H groups in total. The predicted molar refractivity (Wildman–Crippen MR) is 83.8 cm³/mol. The largest absolute Gasteiger partial charge is 0.378 e. The molecule has 1 amide bonds. The number of ether oxygens (including phenoxy) is 1. The third-order valence-electron chi connectivity index (χ3n) is 3.37. The van der Waals surface area contributed by atoms with Crippen molar-refractivity contribution in [3.05, 3.63) is 20.8 Å². The second kappa shape index (κ2) is 7.51. The molecule has 1 aliphatic heterocycles. The Labute approximate surface area is 131 Å². The standard InChI is InChI=1S/C13H20BrN3O2S/c1-2-16-13(18)10-8-19-6-5-17(10)9(7-15)11-3-4-12(14)20-11/h3-4,9-10H,2,5-8,15H2,1H3,(H,16,18). The fraction of sp³-hybridized carbons (Fsp3) is 0.615. The van der Waals surface area contributed by atoms with Crippen molar-refractivity contribution in [2.45, 2.75) is 19.0 Å². The van der Waals surface area contributed by atoms with Crippen LogP contribution in [0.2, 0.25) is 0 Å². The minimum absolute atomic E-state index is 0.0151. The zero-order valence-electron chi connectivity index (χ0n) is 11.5. The van der Waals surface area contributed by atoms with E-state index >= 15 is 0 Å². The van der Waals surface area contributed by atoms with Crippen LogP contribution in [-0.2, 0) is 9.53 Å². The number of likely N-dealkylation sites (N-methyl/N-ethyl adjacent to an activating group) is 1. The summed E-state index contributed by atoms with van der Waals surface area (Å²) < 4.78 is 6.54. The van der Waals surface area contributed by atoms with Gasteiger partial charge >= 0.3 is 0 Å². The minimum Gasteiger partial charge on any atom is -0.378 e. The van der Waals surface area contributed by atoms with Gasteiger partial charge in [0.15, 0.2) is 0 Å². The molecule has 5 nitrogen and oxygen atoms in total. The monoisotopic (exact) mass is 361 g/mol. The summed E-state index contributed by atoms with van der Waals surface area (Å²) in [5.41, 5.74) is 5.96. The van der Waals surface area contributed by atoms with Crippen LogP contribution in [0.25, 0.3) is 0 Å². The molecule has 1 saturated heterocycles. The number of halogens is 1. The average Bonchev–Trinajstić information content (AvgIpc) is 2.87. The predicted octanol–water partition coefficient (Wildman–Crippen LogP) is 1.35. The molecule has 0 saturated carbocycles. The summed E-state index contributed by atoms with van der Waals surface area (Å²) >= 11 is 5.14. The van der Waals surface area contributed by atoms with Gasteiger partial charge in [0, 0.05) is 24.5 Å². The van der Waals surface area contributed by atoms with Gasteiger partial charge in [0.25, 0.3) is 0 Å². The van der Waals surface area contributed by atoms with E-state index in [9.17, 15) is 4.79 Å². The molecule has 0 aliphatic carbocycles. The molecule has 2 atom stereocenters. The number of nitrogens with zero attached hydrogens (tertiary/aromatic N) is 1. The van der Waals surface area contributed by atoms with Crippen LogP contribution in [-0.4, -0.2) is 49.7 Å². The van der Waals surface area contributed by atoms with Crippen LogP contribution in [0.3, 0.4) is 0 Å². The molecule has 0 bridgehead atoms. The second-order valence-corrected chi connectivity index (χ2v) is 7.11. The van der Waals surface area contributed by atoms with Crippen molar-refractivity contribution in [2.24, 2.45) is 5.73 Å². The minimum atomic E-state index is -0.266. The van der Waals surface area contributed by atoms with Crippen molar-refractivity contribution in [2.75, 3.05) is 32.8 Å². The first-order chi connectivity index (χ1) is 9.67. The molecule has 1 aromatic heterocycles. The molecule has 1 aliphatic rings. The van der Waals surface area contributed by atoms with Gasteiger partial charge in [0.2, 0.25) is 5.91 Å². The Morgan fingerprint density at radius 1 is 1.70 bits per heavy atom. The molecule has 1 aromatic rings. The lowest BCUT2D eigenvalue weighted by atomic mass is 10.1. The number of carbonyl (C=O) groups is 1. The Morgan fingerprint density at radius 2 is 2.50 bits per heavy atom. The van der Waals surface area contributed by atoms with Crippen molar-refractivity contribution in [1.29, 1.82) is 0 Å². The number of carbonyl (C=O) groups excluding carboxylic acids is 1. The van der Waals surface area contributed by atoms with E-state index in [1.807, 2.05) is 13.0 Å². The van der Waals surface area contributed by atoms with E-state index in [4.69, 9.17) is 10.5 Å². The van der Waals surface area contributed by atoms with Gasteiger partial charge in [-0.05, 0) is 35.0 Å². The fourth-order valence-electron chi connectivity index (χ4n) is 2.43. The molecule has 20 heavy (non-hydrogen) atoms. The van der Waals surface area contributed by atoms with Crippen molar-refractivity contribution < 1.29 is 9.53 Å². The van der Waals surface area contributed by atoms with E-state index in [-0.39, 0.29) is 18.0 Å². The summed E-state index contributed by atoms with van der Waals surface area (Å²) in [5.74, 6) is 0.0151. The highest BCUT2D eigenvalue weighted by atomic mass is 79.9. The molecule has 0 spiro atoms. The first-order valence-corrected chi connectivity index (χ1v) is 8.34. The van der Waals surface area contributed by atoms with E-state index < -0.39 is 0 Å². The van der Waals surface area contributed by atoms with Crippen molar-refractivity contribution in [1.82, 2.24) is 10.2 Å². The zero-order valence-corrected chi connectivity index (χ0v) is 13.9. The number of amides is 1. The lowest BCUT2D eigenvalue weighted by Crippen LogP contribution is -2.55. The van der Waals surface area contributed by atoms with Gasteiger partial charge in [-0.1, -0.05) is 0 Å². The fourth-order valence-corrected chi connectivity index (χ4v) is 3.99. The Bertz CT molecular complexity index is 455. The van der Waals surface area contributed by atoms with Crippen LogP contribution in [0.4, 0.5) is 0 Å². The van der Waals surface area contributed by atoms with Gasteiger partial charge in [-0.15, -0.1) is 11.3 Å². The van der Waals surface area contributed by atoms with Crippen molar-refractivity contribution >= 4 is 33.2 Å². The van der Waals surface area contributed by atoms with E-state index in [1.54, 1.807) is 11.3 Å². The Hall–Kier alpha value is -0.470. The maximum atomic E-state index is 12.2. The highest BCUT2D eigenvalue weighted by Gasteiger charge is 2.34. The van der Waals surface area contributed by atoms with Crippen LogP contribution < -0.4 is 11.1 Å². The van der Waals surface area contributed by atoms with Crippen LogP contribution in [0, 0.1) is 0 Å². The lowest BCUT2D eigenvalue weighted by Gasteiger charge is -2.39. The average molecular weight is 362 g/mol. The highest BCUT2D eigenvalue weighted by Crippen LogP contribution is 2.32. The maximum Gasteiger partial charge on any atom is 0.239 e. The summed E-state index contributed by atoms with van der Waals surface area (Å²) in [7, 11) is 0. The molecule has 0 aromatic carbocycles. The molecule has 1 fully saturated rings. The number of morpholine rings is 1. The van der Waals surface area contributed by atoms with Crippen LogP contribution >= 0.6 is 27.3 Å². The summed E-state index contributed by atoms with van der Waals surface area (Å²) in [6.07, 6.45) is 0. The van der Waals surface area contributed by atoms with Crippen LogP contribution in [0.1, 0.15) is 17.8 Å². The van der Waals surface area contributed by atoms with Crippen LogP contribution in [0.5, 0.6) is 0 Å². The molecule has 112 valence electrons. The smallest absolute Gasteiger partial charge is 0.239 e. The van der Waals surface area contributed by atoms with Gasteiger partial charge in [-0.25, -0.2) is 0 Å². The Balaban J connectivity index is 2.18. The van der Waals surface area contributed by atoms with Crippen molar-refractivity contribution in [3.63, 3.8) is 0 Å². The molecule has 2 rings (SSSR count). The van der Waals surface area contributed by atoms with Gasteiger partial charge in [-0.2, -0.15) is 0 Å². The topological polar surface area (TPSA) is 67.6 Å². The highest BCUT2D eigenvalue weighted by molar-refractivity contribution is 9.11. The summed E-state index contributed by atoms with van der Waals surface area (Å²) in [4.78, 5) is 15.5. The molecule has 0 radical (unpaired) electrons. The summed E-state index contributed by atoms with van der Waals surface area (Å²) in [6.45, 7) is 4.82. The van der Waals surface area contributed by atoms with Gasteiger partial charge in [0.05, 0.1) is 23.0 Å². The van der Waals surface area contributed by atoms with Crippen LogP contribution in [0.15, 0.2) is 15.9 Å². The maximum absolute atomic E-state index is 12.2. The third-order valence-corrected chi connectivity index (χ3v) is 5.09. The first-order valence-electron chi connectivity index (χ1n) is 6.73. The summed E-state index contributed by atoms with van der Waals surface area (Å²) in [5, 5.41) is 2.87. The molecular weight excluding hydrogens is 342 g/mol. The second-order valence-electron chi connectivity index (χ2n) is 4.62. The number of rotatable bonds is 5. The van der Waals surface area contributed by atoms with Gasteiger partial charge in [-0.3, -0.25) is 9.69 Å². The van der Waals surface area contributed by atoms with E-state index in [0.717, 1.165) is 10.3 Å². The Kier molecular flexibility index (Phi) is 5.98. The lowest BCUT2D eigenvalue weighted by molar-refractivity contribution is -0.134. The zero-order chi connectivity index (χ0) is 14.5.